The lowest BCUT2D eigenvalue weighted by molar-refractivity contribution is -0.385. The highest BCUT2D eigenvalue weighted by Gasteiger charge is 2.29. The van der Waals surface area contributed by atoms with Gasteiger partial charge in [-0.05, 0) is 18.9 Å². The van der Waals surface area contributed by atoms with Crippen LogP contribution in [0.2, 0.25) is 0 Å². The van der Waals surface area contributed by atoms with Crippen molar-refractivity contribution in [1.82, 2.24) is 4.90 Å². The van der Waals surface area contributed by atoms with Gasteiger partial charge in [0.1, 0.15) is 5.82 Å². The first-order chi connectivity index (χ1) is 9.90. The van der Waals surface area contributed by atoms with Gasteiger partial charge in [0.15, 0.2) is 0 Å². The van der Waals surface area contributed by atoms with E-state index in [1.54, 1.807) is 0 Å². The van der Waals surface area contributed by atoms with Crippen LogP contribution in [0.1, 0.15) is 23.2 Å². The predicted octanol–water partition coefficient (Wildman–Crippen LogP) is 1.07. The fourth-order valence-electron chi connectivity index (χ4n) is 2.36. The van der Waals surface area contributed by atoms with E-state index < -0.39 is 34.2 Å². The van der Waals surface area contributed by atoms with Crippen LogP contribution in [0.5, 0.6) is 0 Å². The average molecular weight is 295 g/mol. The highest BCUT2D eigenvalue weighted by Crippen LogP contribution is 2.22. The molecule has 1 fully saturated rings. The third-order valence-corrected chi connectivity index (χ3v) is 3.50. The van der Waals surface area contributed by atoms with Gasteiger partial charge in [0.05, 0.1) is 22.5 Å². The minimum Gasteiger partial charge on any atom is -0.369 e. The normalized spacial score (nSPS) is 18.3. The number of hydrogen-bond acceptors (Lipinski definition) is 4. The van der Waals surface area contributed by atoms with Crippen LogP contribution in [-0.2, 0) is 4.79 Å². The molecule has 0 saturated carbocycles. The van der Waals surface area contributed by atoms with E-state index in [1.807, 2.05) is 0 Å². The van der Waals surface area contributed by atoms with Crippen molar-refractivity contribution in [1.29, 1.82) is 0 Å². The minimum atomic E-state index is -0.949. The third kappa shape index (κ3) is 3.15. The zero-order valence-corrected chi connectivity index (χ0v) is 11.1. The summed E-state index contributed by atoms with van der Waals surface area (Å²) in [4.78, 5) is 34.6. The molecule has 2 amide bonds. The highest BCUT2D eigenvalue weighted by atomic mass is 19.1. The Kier molecular flexibility index (Phi) is 4.15. The first-order valence-corrected chi connectivity index (χ1v) is 6.42. The maximum Gasteiger partial charge on any atom is 0.272 e. The Morgan fingerprint density at radius 2 is 2.14 bits per heavy atom. The molecule has 0 bridgehead atoms. The Bertz CT molecular complexity index is 605. The highest BCUT2D eigenvalue weighted by molar-refractivity contribution is 5.95. The number of benzene rings is 1. The number of carbonyl (C=O) groups is 2. The van der Waals surface area contributed by atoms with Gasteiger partial charge in [0.25, 0.3) is 11.6 Å². The van der Waals surface area contributed by atoms with E-state index in [4.69, 9.17) is 5.73 Å². The van der Waals surface area contributed by atoms with Gasteiger partial charge < -0.3 is 10.6 Å². The molecule has 1 aliphatic heterocycles. The number of primary amides is 1. The summed E-state index contributed by atoms with van der Waals surface area (Å²) >= 11 is 0. The summed E-state index contributed by atoms with van der Waals surface area (Å²) in [7, 11) is 0. The molecule has 112 valence electrons. The Hall–Kier alpha value is -2.51. The number of halogens is 1. The smallest absolute Gasteiger partial charge is 0.272 e. The quantitative estimate of drug-likeness (QED) is 0.664. The number of likely N-dealkylation sites (tertiary alicyclic amines) is 1. The summed E-state index contributed by atoms with van der Waals surface area (Å²) in [5, 5.41) is 10.5. The minimum absolute atomic E-state index is 0.143. The Morgan fingerprint density at radius 1 is 1.43 bits per heavy atom. The predicted molar refractivity (Wildman–Crippen MR) is 70.9 cm³/mol. The molecule has 1 heterocycles. The van der Waals surface area contributed by atoms with Gasteiger partial charge in [-0.1, -0.05) is 0 Å². The van der Waals surface area contributed by atoms with E-state index in [0.717, 1.165) is 12.1 Å². The monoisotopic (exact) mass is 295 g/mol. The van der Waals surface area contributed by atoms with Gasteiger partial charge in [0, 0.05) is 19.2 Å². The van der Waals surface area contributed by atoms with E-state index in [0.29, 0.717) is 25.5 Å². The molecule has 0 aromatic heterocycles. The Labute approximate surface area is 119 Å². The van der Waals surface area contributed by atoms with Crippen molar-refractivity contribution in [3.63, 3.8) is 0 Å². The van der Waals surface area contributed by atoms with Crippen molar-refractivity contribution >= 4 is 17.5 Å². The molecule has 0 spiro atoms. The van der Waals surface area contributed by atoms with Crippen LogP contribution in [-0.4, -0.2) is 34.7 Å². The van der Waals surface area contributed by atoms with Crippen LogP contribution in [0.15, 0.2) is 18.2 Å². The van der Waals surface area contributed by atoms with Crippen molar-refractivity contribution in [2.75, 3.05) is 13.1 Å². The van der Waals surface area contributed by atoms with Gasteiger partial charge in [-0.15, -0.1) is 0 Å². The number of hydrogen-bond donors (Lipinski definition) is 1. The Morgan fingerprint density at radius 3 is 2.71 bits per heavy atom. The molecule has 21 heavy (non-hydrogen) atoms. The third-order valence-electron chi connectivity index (χ3n) is 3.50. The van der Waals surface area contributed by atoms with E-state index in [2.05, 4.69) is 0 Å². The number of nitrogens with two attached hydrogens (primary N) is 1. The number of nitro groups is 1. The SMILES string of the molecule is NC(=O)C1CCCN(C(=O)c2ccc([N+](=O)[O-])cc2F)C1. The molecule has 2 N–H and O–H groups in total. The van der Waals surface area contributed by atoms with Crippen LogP contribution in [0.4, 0.5) is 10.1 Å². The van der Waals surface area contributed by atoms with Crippen LogP contribution in [0, 0.1) is 21.8 Å². The molecular weight excluding hydrogens is 281 g/mol. The summed E-state index contributed by atoms with van der Waals surface area (Å²) in [6.07, 6.45) is 1.20. The molecule has 0 aliphatic carbocycles. The molecule has 2 rings (SSSR count). The number of nitrogens with zero attached hydrogens (tertiary/aromatic N) is 2. The standard InChI is InChI=1S/C13H14FN3O4/c14-11-6-9(17(20)21)3-4-10(11)13(19)16-5-1-2-8(7-16)12(15)18/h3-4,6,8H,1-2,5,7H2,(H2,15,18). The molecule has 8 heteroatoms. The molecule has 1 aromatic carbocycles. The maximum atomic E-state index is 13.8. The van der Waals surface area contributed by atoms with Crippen LogP contribution < -0.4 is 5.73 Å². The van der Waals surface area contributed by atoms with E-state index >= 15 is 0 Å². The van der Waals surface area contributed by atoms with Crippen molar-refractivity contribution < 1.29 is 18.9 Å². The molecule has 1 aliphatic rings. The van der Waals surface area contributed by atoms with Crippen LogP contribution in [0.25, 0.3) is 0 Å². The second-order valence-electron chi connectivity index (χ2n) is 4.91. The molecular formula is C13H14FN3O4. The van der Waals surface area contributed by atoms with Crippen LogP contribution in [0.3, 0.4) is 0 Å². The van der Waals surface area contributed by atoms with Crippen molar-refractivity contribution in [2.24, 2.45) is 11.7 Å². The second kappa shape index (κ2) is 5.86. The van der Waals surface area contributed by atoms with E-state index in [1.165, 1.54) is 4.90 Å². The van der Waals surface area contributed by atoms with Gasteiger partial charge in [-0.3, -0.25) is 19.7 Å². The van der Waals surface area contributed by atoms with E-state index in [9.17, 15) is 24.1 Å². The number of rotatable bonds is 3. The van der Waals surface area contributed by atoms with Crippen molar-refractivity contribution in [3.8, 4) is 0 Å². The van der Waals surface area contributed by atoms with Crippen molar-refractivity contribution in [3.05, 3.63) is 39.7 Å². The number of carbonyl (C=O) groups excluding carboxylic acids is 2. The van der Waals surface area contributed by atoms with Crippen molar-refractivity contribution in [2.45, 2.75) is 12.8 Å². The maximum absolute atomic E-state index is 13.8. The fourth-order valence-corrected chi connectivity index (χ4v) is 2.36. The average Bonchev–Trinajstić information content (AvgIpc) is 2.46. The summed E-state index contributed by atoms with van der Waals surface area (Å²) < 4.78 is 13.8. The molecule has 1 unspecified atom stereocenters. The summed E-state index contributed by atoms with van der Waals surface area (Å²) in [6, 6.07) is 2.87. The lowest BCUT2D eigenvalue weighted by atomic mass is 9.97. The summed E-state index contributed by atoms with van der Waals surface area (Å²) in [6.45, 7) is 0.545. The fraction of sp³-hybridized carbons (Fsp3) is 0.385. The summed E-state index contributed by atoms with van der Waals surface area (Å²) in [5.41, 5.74) is 4.56. The molecule has 1 atom stereocenters. The van der Waals surface area contributed by atoms with Gasteiger partial charge in [-0.2, -0.15) is 0 Å². The largest absolute Gasteiger partial charge is 0.369 e. The second-order valence-corrected chi connectivity index (χ2v) is 4.91. The van der Waals surface area contributed by atoms with Gasteiger partial charge in [-0.25, -0.2) is 4.39 Å². The summed E-state index contributed by atoms with van der Waals surface area (Å²) in [5.74, 6) is -2.47. The first-order valence-electron chi connectivity index (χ1n) is 6.42. The van der Waals surface area contributed by atoms with Gasteiger partial charge in [0.2, 0.25) is 5.91 Å². The molecule has 0 radical (unpaired) electrons. The number of nitro benzene ring substituents is 1. The van der Waals surface area contributed by atoms with Gasteiger partial charge >= 0.3 is 0 Å². The zero-order chi connectivity index (χ0) is 15.6. The number of amides is 2. The molecule has 1 saturated heterocycles. The zero-order valence-electron chi connectivity index (χ0n) is 11.1. The number of non-ortho nitro benzene ring substituents is 1. The number of piperidine rings is 1. The molecule has 1 aromatic rings. The topological polar surface area (TPSA) is 107 Å². The Balaban J connectivity index is 2.20. The van der Waals surface area contributed by atoms with Crippen LogP contribution >= 0.6 is 0 Å². The molecule has 7 nitrogen and oxygen atoms in total. The van der Waals surface area contributed by atoms with E-state index in [-0.39, 0.29) is 12.1 Å². The first kappa shape index (κ1) is 14.9. The lowest BCUT2D eigenvalue weighted by Gasteiger charge is -2.31. The lowest BCUT2D eigenvalue weighted by Crippen LogP contribution is -2.44.